The van der Waals surface area contributed by atoms with Crippen molar-refractivity contribution in [3.8, 4) is 0 Å². The number of rotatable bonds is 10. The Morgan fingerprint density at radius 1 is 0.964 bits per heavy atom. The Morgan fingerprint density at radius 2 is 1.43 bits per heavy atom. The predicted molar refractivity (Wildman–Crippen MR) is 90.8 cm³/mol. The third-order valence-corrected chi connectivity index (χ3v) is 2.78. The van der Waals surface area contributed by atoms with Gasteiger partial charge in [-0.05, 0) is 6.42 Å². The third kappa shape index (κ3) is 17.7. The number of aliphatic hydroxyl groups excluding tert-OH is 8. The van der Waals surface area contributed by atoms with Crippen LogP contribution in [0.15, 0.2) is 0 Å². The Morgan fingerprint density at radius 3 is 1.64 bits per heavy atom. The first kappa shape index (κ1) is 31.0. The van der Waals surface area contributed by atoms with Crippen molar-refractivity contribution in [3.63, 3.8) is 0 Å². The molecule has 168 valence electrons. The first-order chi connectivity index (χ1) is 12.9. The van der Waals surface area contributed by atoms with E-state index < -0.39 is 55.2 Å². The van der Waals surface area contributed by atoms with E-state index >= 15 is 0 Å². The molecule has 1 unspecified atom stereocenters. The quantitative estimate of drug-likeness (QED) is 0.120. The summed E-state index contributed by atoms with van der Waals surface area (Å²) in [6, 6.07) is 0. The molecule has 0 fully saturated rings. The molecule has 0 aliphatic carbocycles. The number of carbonyl (C=O) groups is 3. The molecule has 28 heavy (non-hydrogen) atoms. The first-order valence-corrected chi connectivity index (χ1v) is 8.00. The van der Waals surface area contributed by atoms with Gasteiger partial charge in [-0.3, -0.25) is 4.79 Å². The number of aliphatic carboxylic acids is 1. The topological polar surface area (TPSA) is 243 Å². The highest BCUT2D eigenvalue weighted by Crippen LogP contribution is 2.04. The molecule has 0 radical (unpaired) electrons. The monoisotopic (exact) mass is 418 g/mol. The van der Waals surface area contributed by atoms with Gasteiger partial charge in [0.15, 0.2) is 12.4 Å². The van der Waals surface area contributed by atoms with Crippen LogP contribution in [-0.2, 0) is 19.1 Å². The van der Waals surface area contributed by atoms with E-state index in [0.717, 1.165) is 6.92 Å². The summed E-state index contributed by atoms with van der Waals surface area (Å²) in [6.07, 6.45) is -8.81. The molecular formula is C15H30O13. The normalized spacial score (nSPS) is 15.5. The van der Waals surface area contributed by atoms with Gasteiger partial charge in [0.1, 0.15) is 37.1 Å². The highest BCUT2D eigenvalue weighted by atomic mass is 16.5. The Hall–Kier alpha value is -1.71. The molecule has 0 saturated heterocycles. The van der Waals surface area contributed by atoms with Crippen LogP contribution in [0, 0.1) is 0 Å². The molecular weight excluding hydrogens is 388 g/mol. The van der Waals surface area contributed by atoms with Gasteiger partial charge in [0, 0.05) is 6.92 Å². The summed E-state index contributed by atoms with van der Waals surface area (Å²) in [4.78, 5) is 30.1. The van der Waals surface area contributed by atoms with Crippen molar-refractivity contribution < 1.29 is 65.1 Å². The third-order valence-electron chi connectivity index (χ3n) is 2.78. The number of hydrogen-bond acceptors (Lipinski definition) is 12. The summed E-state index contributed by atoms with van der Waals surface area (Å²) in [5.41, 5.74) is 0. The second kappa shape index (κ2) is 18.6. The summed E-state index contributed by atoms with van der Waals surface area (Å²) in [6.45, 7) is 1.46. The first-order valence-electron chi connectivity index (χ1n) is 8.00. The van der Waals surface area contributed by atoms with E-state index in [1.54, 1.807) is 6.92 Å². The van der Waals surface area contributed by atoms with Crippen LogP contribution in [0.1, 0.15) is 20.3 Å². The van der Waals surface area contributed by atoms with E-state index in [-0.39, 0.29) is 25.9 Å². The van der Waals surface area contributed by atoms with Crippen molar-refractivity contribution in [2.75, 3.05) is 19.8 Å². The van der Waals surface area contributed by atoms with Crippen LogP contribution >= 0.6 is 0 Å². The molecule has 0 spiro atoms. The molecule has 0 heterocycles. The standard InChI is InChI=1S/C8H14O7.C4H8O3.C3H8O3/c1-4(10)15-3-6(12)8(14)7(13)5(11)2-9;1-2-3(5)4(6)7;4-1-3(6)2-5/h2,5-8,11-14H,3H2,1H3;3,5H,2H2,1H3,(H,6,7);3-6H,1-2H2/t5-,6+,7+,8+;;/m0../s1. The lowest BCUT2D eigenvalue weighted by Gasteiger charge is -2.23. The number of carbonyl (C=O) groups excluding carboxylic acids is 2. The molecule has 0 saturated carbocycles. The minimum absolute atomic E-state index is 0.0203. The van der Waals surface area contributed by atoms with E-state index in [2.05, 4.69) is 4.74 Å². The minimum atomic E-state index is -1.83. The van der Waals surface area contributed by atoms with Crippen molar-refractivity contribution in [2.45, 2.75) is 56.9 Å². The van der Waals surface area contributed by atoms with Crippen molar-refractivity contribution in [1.29, 1.82) is 0 Å². The smallest absolute Gasteiger partial charge is 0.332 e. The van der Waals surface area contributed by atoms with E-state index in [0.29, 0.717) is 0 Å². The summed E-state index contributed by atoms with van der Waals surface area (Å²) >= 11 is 0. The molecule has 0 bridgehead atoms. The van der Waals surface area contributed by atoms with E-state index in [1.165, 1.54) is 0 Å². The molecule has 0 aromatic rings. The Kier molecular flexibility index (Phi) is 20.6. The van der Waals surface area contributed by atoms with Gasteiger partial charge in [-0.2, -0.15) is 0 Å². The molecule has 0 aliphatic heterocycles. The highest BCUT2D eigenvalue weighted by Gasteiger charge is 2.30. The number of carboxylic acid groups (broad SMARTS) is 1. The van der Waals surface area contributed by atoms with Crippen LogP contribution in [0.25, 0.3) is 0 Å². The molecule has 0 aromatic heterocycles. The molecule has 0 rings (SSSR count). The maximum Gasteiger partial charge on any atom is 0.332 e. The van der Waals surface area contributed by atoms with Gasteiger partial charge in [-0.15, -0.1) is 0 Å². The van der Waals surface area contributed by atoms with E-state index in [1.807, 2.05) is 0 Å². The van der Waals surface area contributed by atoms with Crippen molar-refractivity contribution in [1.82, 2.24) is 0 Å². The van der Waals surface area contributed by atoms with Gasteiger partial charge >= 0.3 is 11.9 Å². The van der Waals surface area contributed by atoms with Crippen LogP contribution in [-0.4, -0.2) is 121 Å². The molecule has 13 nitrogen and oxygen atoms in total. The average molecular weight is 418 g/mol. The van der Waals surface area contributed by atoms with E-state index in [9.17, 15) is 19.5 Å². The lowest BCUT2D eigenvalue weighted by atomic mass is 10.0. The van der Waals surface area contributed by atoms with Gasteiger partial charge in [0.2, 0.25) is 0 Å². The Labute approximate surface area is 161 Å². The molecule has 0 aliphatic rings. The zero-order valence-electron chi connectivity index (χ0n) is 15.5. The van der Waals surface area contributed by atoms with Crippen molar-refractivity contribution in [3.05, 3.63) is 0 Å². The average Bonchev–Trinajstić information content (AvgIpc) is 2.69. The zero-order valence-corrected chi connectivity index (χ0v) is 15.5. The zero-order chi connectivity index (χ0) is 22.9. The van der Waals surface area contributed by atoms with Gasteiger partial charge in [-0.1, -0.05) is 6.92 Å². The van der Waals surface area contributed by atoms with Crippen LogP contribution in [0.4, 0.5) is 0 Å². The Bertz CT molecular complexity index is 413. The molecule has 9 N–H and O–H groups in total. The van der Waals surface area contributed by atoms with Crippen LogP contribution in [0.3, 0.4) is 0 Å². The maximum absolute atomic E-state index is 10.3. The lowest BCUT2D eigenvalue weighted by molar-refractivity contribution is -0.154. The Balaban J connectivity index is -0.000000397. The number of aldehydes is 1. The summed E-state index contributed by atoms with van der Waals surface area (Å²) in [5, 5.41) is 76.6. The fourth-order valence-electron chi connectivity index (χ4n) is 1.04. The molecule has 5 atom stereocenters. The van der Waals surface area contributed by atoms with Crippen molar-refractivity contribution >= 4 is 18.2 Å². The minimum Gasteiger partial charge on any atom is -0.479 e. The second-order valence-corrected chi connectivity index (χ2v) is 5.26. The summed E-state index contributed by atoms with van der Waals surface area (Å²) in [7, 11) is 0. The largest absolute Gasteiger partial charge is 0.479 e. The highest BCUT2D eigenvalue weighted by molar-refractivity contribution is 5.71. The summed E-state index contributed by atoms with van der Waals surface area (Å²) in [5.74, 6) is -1.81. The maximum atomic E-state index is 10.3. The van der Waals surface area contributed by atoms with Gasteiger partial charge in [-0.25, -0.2) is 4.79 Å². The fraction of sp³-hybridized carbons (Fsp3) is 0.800. The predicted octanol–water partition coefficient (Wildman–Crippen LogP) is -4.63. The molecule has 13 heteroatoms. The van der Waals surface area contributed by atoms with Gasteiger partial charge in [0.05, 0.1) is 13.2 Å². The lowest BCUT2D eigenvalue weighted by Crippen LogP contribution is -2.46. The van der Waals surface area contributed by atoms with Crippen LogP contribution < -0.4 is 0 Å². The molecule has 0 amide bonds. The number of carboxylic acids is 1. The molecule has 0 aromatic carbocycles. The van der Waals surface area contributed by atoms with Crippen LogP contribution in [0.5, 0.6) is 0 Å². The van der Waals surface area contributed by atoms with Gasteiger partial charge in [0.25, 0.3) is 0 Å². The number of ether oxygens (including phenoxy) is 1. The van der Waals surface area contributed by atoms with Crippen molar-refractivity contribution in [2.24, 2.45) is 0 Å². The number of esters is 1. The van der Waals surface area contributed by atoms with Gasteiger partial charge < -0.3 is 55.5 Å². The summed E-state index contributed by atoms with van der Waals surface area (Å²) < 4.78 is 4.36. The van der Waals surface area contributed by atoms with Crippen LogP contribution in [0.2, 0.25) is 0 Å². The number of hydrogen-bond donors (Lipinski definition) is 9. The SMILES string of the molecule is CC(=O)OC[C@@H](O)[C@@H](O)[C@H](O)[C@@H](O)C=O.CCC(O)C(=O)O.OCC(O)CO. The second-order valence-electron chi connectivity index (χ2n) is 5.26. The fourth-order valence-corrected chi connectivity index (χ4v) is 1.04. The van der Waals surface area contributed by atoms with E-state index in [4.69, 9.17) is 40.9 Å². The number of aliphatic hydroxyl groups is 8.